The standard InChI is InChI=1S/C20H19FN2O6S/c1-27-15-5-3-6-16(28-2)19(15)30(25,26)22-20(24)18-11-13-14(21)9-12(10-17(13)29-18)23-7-4-8-23/h3,5-6,9-11H,4,7-8H2,1-2H3,(H,22,24). The van der Waals surface area contributed by atoms with Crippen molar-refractivity contribution in [2.75, 3.05) is 32.2 Å². The predicted octanol–water partition coefficient (Wildman–Crippen LogP) is 2.92. The van der Waals surface area contributed by atoms with Gasteiger partial charge in [0, 0.05) is 30.9 Å². The van der Waals surface area contributed by atoms with Crippen LogP contribution in [0.1, 0.15) is 17.0 Å². The lowest BCUT2D eigenvalue weighted by atomic mass is 10.1. The van der Waals surface area contributed by atoms with Crippen LogP contribution < -0.4 is 19.1 Å². The van der Waals surface area contributed by atoms with Crippen LogP contribution >= 0.6 is 0 Å². The van der Waals surface area contributed by atoms with Gasteiger partial charge in [-0.25, -0.2) is 17.5 Å². The average Bonchev–Trinajstić information content (AvgIpc) is 3.10. The van der Waals surface area contributed by atoms with E-state index < -0.39 is 21.7 Å². The van der Waals surface area contributed by atoms with Crippen LogP contribution in [-0.4, -0.2) is 41.6 Å². The van der Waals surface area contributed by atoms with Crippen molar-refractivity contribution in [3.8, 4) is 11.5 Å². The molecular weight excluding hydrogens is 415 g/mol. The molecule has 8 nitrogen and oxygen atoms in total. The van der Waals surface area contributed by atoms with Gasteiger partial charge in [0.15, 0.2) is 10.7 Å². The van der Waals surface area contributed by atoms with Gasteiger partial charge in [0.25, 0.3) is 10.0 Å². The number of carbonyl (C=O) groups excluding carboxylic acids is 1. The van der Waals surface area contributed by atoms with Gasteiger partial charge >= 0.3 is 5.91 Å². The number of furan rings is 1. The van der Waals surface area contributed by atoms with E-state index in [1.165, 1.54) is 38.5 Å². The molecule has 0 radical (unpaired) electrons. The first-order valence-corrected chi connectivity index (χ1v) is 10.6. The maximum Gasteiger partial charge on any atom is 0.300 e. The molecule has 0 bridgehead atoms. The van der Waals surface area contributed by atoms with E-state index in [1.807, 2.05) is 9.62 Å². The monoisotopic (exact) mass is 434 g/mol. The van der Waals surface area contributed by atoms with Crippen LogP contribution in [0.25, 0.3) is 11.0 Å². The van der Waals surface area contributed by atoms with Crippen molar-refractivity contribution in [3.63, 3.8) is 0 Å². The Balaban J connectivity index is 1.67. The molecule has 0 saturated carbocycles. The summed E-state index contributed by atoms with van der Waals surface area (Å²) in [5.74, 6) is -1.91. The van der Waals surface area contributed by atoms with Crippen LogP contribution in [0, 0.1) is 5.82 Å². The molecule has 1 aliphatic rings. The zero-order valence-electron chi connectivity index (χ0n) is 16.3. The lowest BCUT2D eigenvalue weighted by Crippen LogP contribution is -2.36. The Kier molecular flexibility index (Phi) is 5.02. The number of nitrogens with one attached hydrogen (secondary N) is 1. The molecule has 1 amide bonds. The number of methoxy groups -OCH3 is 2. The van der Waals surface area contributed by atoms with Crippen molar-refractivity contribution >= 4 is 32.6 Å². The zero-order valence-corrected chi connectivity index (χ0v) is 17.1. The van der Waals surface area contributed by atoms with Gasteiger partial charge in [-0.2, -0.15) is 0 Å². The van der Waals surface area contributed by atoms with Crippen LogP contribution in [0.15, 0.2) is 45.7 Å². The van der Waals surface area contributed by atoms with Crippen LogP contribution in [-0.2, 0) is 10.0 Å². The fraction of sp³-hybridized carbons (Fsp3) is 0.250. The number of ether oxygens (including phenoxy) is 2. The molecule has 1 N–H and O–H groups in total. The Bertz CT molecular complexity index is 1210. The van der Waals surface area contributed by atoms with Crippen molar-refractivity contribution < 1.29 is 31.5 Å². The SMILES string of the molecule is COc1cccc(OC)c1S(=O)(=O)NC(=O)c1cc2c(F)cc(N3CCC3)cc2o1. The van der Waals surface area contributed by atoms with E-state index in [0.717, 1.165) is 19.5 Å². The molecule has 3 aromatic rings. The number of anilines is 1. The van der Waals surface area contributed by atoms with E-state index in [-0.39, 0.29) is 33.1 Å². The molecule has 30 heavy (non-hydrogen) atoms. The number of fused-ring (bicyclic) bond motifs is 1. The summed E-state index contributed by atoms with van der Waals surface area (Å²) in [6, 6.07) is 8.58. The average molecular weight is 434 g/mol. The second-order valence-corrected chi connectivity index (χ2v) is 8.34. The summed E-state index contributed by atoms with van der Waals surface area (Å²) in [6.07, 6.45) is 1.02. The number of rotatable bonds is 6. The van der Waals surface area contributed by atoms with Crippen LogP contribution in [0.2, 0.25) is 0 Å². The van der Waals surface area contributed by atoms with Gasteiger partial charge in [0.05, 0.1) is 19.6 Å². The topological polar surface area (TPSA) is 98.1 Å². The maximum absolute atomic E-state index is 14.5. The van der Waals surface area contributed by atoms with E-state index in [2.05, 4.69) is 0 Å². The molecule has 0 spiro atoms. The van der Waals surface area contributed by atoms with Crippen LogP contribution in [0.3, 0.4) is 0 Å². The molecule has 1 fully saturated rings. The molecule has 10 heteroatoms. The van der Waals surface area contributed by atoms with Crippen molar-refractivity contribution in [1.29, 1.82) is 0 Å². The van der Waals surface area contributed by atoms with Gasteiger partial charge in [-0.15, -0.1) is 0 Å². The highest BCUT2D eigenvalue weighted by molar-refractivity contribution is 7.90. The molecule has 2 heterocycles. The molecule has 158 valence electrons. The fourth-order valence-corrected chi connectivity index (χ4v) is 4.54. The molecule has 1 aliphatic heterocycles. The number of amides is 1. The van der Waals surface area contributed by atoms with Gasteiger partial charge in [-0.05, 0) is 24.6 Å². The quantitative estimate of drug-likeness (QED) is 0.637. The molecule has 0 atom stereocenters. The minimum absolute atomic E-state index is 0.00416. The predicted molar refractivity (Wildman–Crippen MR) is 107 cm³/mol. The number of carbonyl (C=O) groups is 1. The third kappa shape index (κ3) is 3.43. The number of hydrogen-bond donors (Lipinski definition) is 1. The summed E-state index contributed by atoms with van der Waals surface area (Å²) in [5.41, 5.74) is 0.813. The van der Waals surface area contributed by atoms with Gasteiger partial charge in [0.1, 0.15) is 22.9 Å². The molecule has 2 aromatic carbocycles. The van der Waals surface area contributed by atoms with Gasteiger partial charge in [-0.1, -0.05) is 6.07 Å². The van der Waals surface area contributed by atoms with Crippen molar-refractivity contribution in [1.82, 2.24) is 4.72 Å². The molecule has 0 unspecified atom stereocenters. The Labute approximate surface area is 172 Å². The van der Waals surface area contributed by atoms with E-state index in [1.54, 1.807) is 12.1 Å². The number of halogens is 1. The molecule has 1 saturated heterocycles. The van der Waals surface area contributed by atoms with E-state index >= 15 is 0 Å². The highest BCUT2D eigenvalue weighted by atomic mass is 32.2. The molecule has 4 rings (SSSR count). The van der Waals surface area contributed by atoms with Gasteiger partial charge < -0.3 is 18.8 Å². The summed E-state index contributed by atoms with van der Waals surface area (Å²) in [4.78, 5) is 14.2. The van der Waals surface area contributed by atoms with Crippen molar-refractivity contribution in [3.05, 3.63) is 48.0 Å². The number of hydrogen-bond acceptors (Lipinski definition) is 7. The Morgan fingerprint density at radius 2 is 1.80 bits per heavy atom. The van der Waals surface area contributed by atoms with Crippen LogP contribution in [0.5, 0.6) is 11.5 Å². The van der Waals surface area contributed by atoms with E-state index in [0.29, 0.717) is 5.69 Å². The Morgan fingerprint density at radius 1 is 1.13 bits per heavy atom. The largest absolute Gasteiger partial charge is 0.495 e. The first kappa shape index (κ1) is 20.0. The minimum atomic E-state index is -4.37. The molecule has 0 aliphatic carbocycles. The van der Waals surface area contributed by atoms with Crippen molar-refractivity contribution in [2.24, 2.45) is 0 Å². The highest BCUT2D eigenvalue weighted by Crippen LogP contribution is 2.33. The lowest BCUT2D eigenvalue weighted by molar-refractivity contribution is 0.0956. The number of nitrogens with zero attached hydrogens (tertiary/aromatic N) is 1. The first-order chi connectivity index (χ1) is 14.3. The second-order valence-electron chi connectivity index (χ2n) is 6.72. The summed E-state index contributed by atoms with van der Waals surface area (Å²) < 4.78 is 57.7. The maximum atomic E-state index is 14.5. The van der Waals surface area contributed by atoms with Crippen LogP contribution in [0.4, 0.5) is 10.1 Å². The normalized spacial score (nSPS) is 13.8. The summed E-state index contributed by atoms with van der Waals surface area (Å²) >= 11 is 0. The number of sulfonamides is 1. The van der Waals surface area contributed by atoms with Gasteiger partial charge in [0.2, 0.25) is 0 Å². The molecular formula is C20H19FN2O6S. The third-order valence-corrected chi connectivity index (χ3v) is 6.29. The summed E-state index contributed by atoms with van der Waals surface area (Å²) in [6.45, 7) is 1.63. The summed E-state index contributed by atoms with van der Waals surface area (Å²) in [7, 11) is -1.77. The Hall–Kier alpha value is -3.27. The molecule has 1 aromatic heterocycles. The zero-order chi connectivity index (χ0) is 21.5. The second kappa shape index (κ2) is 7.52. The lowest BCUT2D eigenvalue weighted by Gasteiger charge is -2.33. The van der Waals surface area contributed by atoms with Gasteiger partial charge in [-0.3, -0.25) is 4.79 Å². The van der Waals surface area contributed by atoms with Crippen molar-refractivity contribution in [2.45, 2.75) is 11.3 Å². The Morgan fingerprint density at radius 3 is 2.37 bits per heavy atom. The fourth-order valence-electron chi connectivity index (χ4n) is 3.26. The van der Waals surface area contributed by atoms with E-state index in [4.69, 9.17) is 13.9 Å². The smallest absolute Gasteiger partial charge is 0.300 e. The third-order valence-electron chi connectivity index (χ3n) is 4.90. The number of benzene rings is 2. The first-order valence-electron chi connectivity index (χ1n) is 9.10. The summed E-state index contributed by atoms with van der Waals surface area (Å²) in [5, 5.41) is 0.0942. The van der Waals surface area contributed by atoms with E-state index in [9.17, 15) is 17.6 Å². The minimum Gasteiger partial charge on any atom is -0.495 e. The highest BCUT2D eigenvalue weighted by Gasteiger charge is 2.29.